The maximum Gasteiger partial charge on any atom is 0.0791 e. The summed E-state index contributed by atoms with van der Waals surface area (Å²) < 4.78 is 0. The van der Waals surface area contributed by atoms with Gasteiger partial charge in [-0.05, 0) is 35.1 Å². The third kappa shape index (κ3) is 5.23. The molecule has 0 saturated heterocycles. The van der Waals surface area contributed by atoms with Crippen LogP contribution in [0.1, 0.15) is 63.9 Å². The van der Waals surface area contributed by atoms with Gasteiger partial charge in [-0.15, -0.1) is 0 Å². The molecule has 0 heterocycles. The maximum absolute atomic E-state index is 9.77. The Labute approximate surface area is 170 Å². The first-order chi connectivity index (χ1) is 13.8. The van der Waals surface area contributed by atoms with Gasteiger partial charge in [0.05, 0.1) is 11.5 Å². The van der Waals surface area contributed by atoms with Gasteiger partial charge in [0.2, 0.25) is 0 Å². The van der Waals surface area contributed by atoms with Crippen LogP contribution in [0.2, 0.25) is 0 Å². The van der Waals surface area contributed by atoms with Crippen molar-refractivity contribution in [2.45, 2.75) is 58.3 Å². The molecule has 2 aromatic rings. The van der Waals surface area contributed by atoms with Crippen molar-refractivity contribution in [3.05, 3.63) is 78.4 Å². The zero-order chi connectivity index (χ0) is 19.7. The standard InChI is InChI=1S/C27H31N/c1-2-3-4-5-6-10-19-27(22-28)20-17-26(18-21-27)25-15-13-24(14-16-25)23-11-8-7-9-12-23/h7-9,11-18,20H,2-6,10,19,21H2,1H3. The van der Waals surface area contributed by atoms with Crippen molar-refractivity contribution in [3.63, 3.8) is 0 Å². The highest BCUT2D eigenvalue weighted by Crippen LogP contribution is 2.37. The molecule has 3 rings (SSSR count). The minimum atomic E-state index is -0.307. The predicted molar refractivity (Wildman–Crippen MR) is 120 cm³/mol. The molecule has 144 valence electrons. The molecule has 1 heteroatoms. The van der Waals surface area contributed by atoms with E-state index in [4.69, 9.17) is 0 Å². The van der Waals surface area contributed by atoms with Crippen LogP contribution < -0.4 is 0 Å². The molecule has 28 heavy (non-hydrogen) atoms. The van der Waals surface area contributed by atoms with Gasteiger partial charge in [-0.1, -0.05) is 118 Å². The van der Waals surface area contributed by atoms with E-state index in [-0.39, 0.29) is 5.41 Å². The molecule has 0 N–H and O–H groups in total. The first-order valence-corrected chi connectivity index (χ1v) is 10.7. The number of allylic oxidation sites excluding steroid dienone is 4. The Bertz CT molecular complexity index is 836. The molecular weight excluding hydrogens is 338 g/mol. The smallest absolute Gasteiger partial charge is 0.0791 e. The van der Waals surface area contributed by atoms with Crippen molar-refractivity contribution >= 4 is 5.57 Å². The van der Waals surface area contributed by atoms with E-state index < -0.39 is 0 Å². The second kappa shape index (κ2) is 10.1. The van der Waals surface area contributed by atoms with Crippen LogP contribution in [-0.4, -0.2) is 0 Å². The molecule has 0 bridgehead atoms. The lowest BCUT2D eigenvalue weighted by molar-refractivity contribution is 0.432. The normalized spacial score (nSPS) is 18.5. The number of benzene rings is 2. The first kappa shape index (κ1) is 20.2. The van der Waals surface area contributed by atoms with Crippen molar-refractivity contribution in [3.8, 4) is 17.2 Å². The summed E-state index contributed by atoms with van der Waals surface area (Å²) in [7, 11) is 0. The van der Waals surface area contributed by atoms with Gasteiger partial charge in [0, 0.05) is 0 Å². The summed E-state index contributed by atoms with van der Waals surface area (Å²) in [4.78, 5) is 0. The number of unbranched alkanes of at least 4 members (excludes halogenated alkanes) is 5. The molecule has 0 saturated carbocycles. The average molecular weight is 370 g/mol. The quantitative estimate of drug-likeness (QED) is 0.411. The van der Waals surface area contributed by atoms with E-state index in [1.165, 1.54) is 54.4 Å². The monoisotopic (exact) mass is 369 g/mol. The van der Waals surface area contributed by atoms with Crippen molar-refractivity contribution in [1.82, 2.24) is 0 Å². The highest BCUT2D eigenvalue weighted by molar-refractivity contribution is 5.77. The van der Waals surface area contributed by atoms with E-state index in [1.807, 2.05) is 6.07 Å². The van der Waals surface area contributed by atoms with Crippen LogP contribution in [0.3, 0.4) is 0 Å². The van der Waals surface area contributed by atoms with Gasteiger partial charge in [0.25, 0.3) is 0 Å². The van der Waals surface area contributed by atoms with Crippen LogP contribution in [0.15, 0.2) is 72.8 Å². The second-order valence-electron chi connectivity index (χ2n) is 7.93. The summed E-state index contributed by atoms with van der Waals surface area (Å²) in [5.41, 5.74) is 4.62. The topological polar surface area (TPSA) is 23.8 Å². The SMILES string of the molecule is CCCCCCCCC1(C#N)C=CC(c2ccc(-c3ccccc3)cc2)=CC1. The molecule has 1 atom stereocenters. The molecule has 0 amide bonds. The number of rotatable bonds is 9. The fourth-order valence-corrected chi connectivity index (χ4v) is 3.92. The van der Waals surface area contributed by atoms with Gasteiger partial charge >= 0.3 is 0 Å². The minimum absolute atomic E-state index is 0.307. The second-order valence-corrected chi connectivity index (χ2v) is 7.93. The van der Waals surface area contributed by atoms with Gasteiger partial charge in [0.15, 0.2) is 0 Å². The number of hydrogen-bond acceptors (Lipinski definition) is 1. The fraction of sp³-hybridized carbons (Fsp3) is 0.370. The summed E-state index contributed by atoms with van der Waals surface area (Å²) in [6, 6.07) is 21.8. The van der Waals surface area contributed by atoms with Crippen LogP contribution in [0.4, 0.5) is 0 Å². The summed E-state index contributed by atoms with van der Waals surface area (Å²) in [6.07, 6.45) is 16.0. The van der Waals surface area contributed by atoms with Crippen LogP contribution in [-0.2, 0) is 0 Å². The molecule has 0 aliphatic heterocycles. The van der Waals surface area contributed by atoms with E-state index in [2.05, 4.69) is 79.8 Å². The zero-order valence-corrected chi connectivity index (χ0v) is 17.0. The largest absolute Gasteiger partial charge is 0.197 e. The summed E-state index contributed by atoms with van der Waals surface area (Å²) in [5.74, 6) is 0. The highest BCUT2D eigenvalue weighted by atomic mass is 14.4. The van der Waals surface area contributed by atoms with Crippen molar-refractivity contribution in [1.29, 1.82) is 5.26 Å². The molecule has 1 unspecified atom stereocenters. The van der Waals surface area contributed by atoms with Crippen LogP contribution in [0.25, 0.3) is 16.7 Å². The average Bonchev–Trinajstić information content (AvgIpc) is 2.77. The first-order valence-electron chi connectivity index (χ1n) is 10.7. The van der Waals surface area contributed by atoms with Gasteiger partial charge < -0.3 is 0 Å². The predicted octanol–water partition coefficient (Wildman–Crippen LogP) is 7.96. The van der Waals surface area contributed by atoms with E-state index in [0.717, 1.165) is 19.3 Å². The van der Waals surface area contributed by atoms with Crippen molar-refractivity contribution in [2.75, 3.05) is 0 Å². The number of nitrogens with zero attached hydrogens (tertiary/aromatic N) is 1. The van der Waals surface area contributed by atoms with Gasteiger partial charge in [-0.25, -0.2) is 0 Å². The number of nitriles is 1. The Balaban J connectivity index is 1.58. The Morgan fingerprint density at radius 3 is 2.11 bits per heavy atom. The molecule has 0 spiro atoms. The lowest BCUT2D eigenvalue weighted by Gasteiger charge is -2.25. The molecule has 1 aliphatic carbocycles. The lowest BCUT2D eigenvalue weighted by atomic mass is 9.76. The third-order valence-electron chi connectivity index (χ3n) is 5.79. The Morgan fingerprint density at radius 1 is 0.821 bits per heavy atom. The van der Waals surface area contributed by atoms with E-state index in [0.29, 0.717) is 0 Å². The maximum atomic E-state index is 9.77. The fourth-order valence-electron chi connectivity index (χ4n) is 3.92. The van der Waals surface area contributed by atoms with Crippen LogP contribution >= 0.6 is 0 Å². The summed E-state index contributed by atoms with van der Waals surface area (Å²) in [6.45, 7) is 2.25. The van der Waals surface area contributed by atoms with Crippen LogP contribution in [0, 0.1) is 16.7 Å². The molecule has 0 fully saturated rings. The Hall–Kier alpha value is -2.59. The summed E-state index contributed by atoms with van der Waals surface area (Å²) >= 11 is 0. The van der Waals surface area contributed by atoms with E-state index >= 15 is 0 Å². The molecule has 0 radical (unpaired) electrons. The molecular formula is C27H31N. The zero-order valence-electron chi connectivity index (χ0n) is 17.0. The van der Waals surface area contributed by atoms with Crippen molar-refractivity contribution in [2.24, 2.45) is 5.41 Å². The number of hydrogen-bond donors (Lipinski definition) is 0. The Kier molecular flexibility index (Phi) is 7.26. The molecule has 0 aromatic heterocycles. The van der Waals surface area contributed by atoms with Crippen LogP contribution in [0.5, 0.6) is 0 Å². The van der Waals surface area contributed by atoms with E-state index in [1.54, 1.807) is 0 Å². The highest BCUT2D eigenvalue weighted by Gasteiger charge is 2.27. The van der Waals surface area contributed by atoms with E-state index in [9.17, 15) is 5.26 Å². The lowest BCUT2D eigenvalue weighted by Crippen LogP contribution is -2.17. The third-order valence-corrected chi connectivity index (χ3v) is 5.79. The van der Waals surface area contributed by atoms with Gasteiger partial charge in [0.1, 0.15) is 0 Å². The molecule has 2 aromatic carbocycles. The van der Waals surface area contributed by atoms with Gasteiger partial charge in [-0.3, -0.25) is 0 Å². The Morgan fingerprint density at radius 2 is 1.46 bits per heavy atom. The van der Waals surface area contributed by atoms with Gasteiger partial charge in [-0.2, -0.15) is 5.26 Å². The minimum Gasteiger partial charge on any atom is -0.197 e. The molecule has 1 aliphatic rings. The van der Waals surface area contributed by atoms with Crippen molar-refractivity contribution < 1.29 is 0 Å². The summed E-state index contributed by atoms with van der Waals surface area (Å²) in [5, 5.41) is 9.77. The molecule has 1 nitrogen and oxygen atoms in total.